The minimum absolute atomic E-state index is 0.153. The Morgan fingerprint density at radius 1 is 1.62 bits per heavy atom. The third kappa shape index (κ3) is 3.53. The van der Waals surface area contributed by atoms with E-state index in [0.717, 1.165) is 11.3 Å². The van der Waals surface area contributed by atoms with Crippen LogP contribution in [-0.2, 0) is 21.4 Å². The van der Waals surface area contributed by atoms with Crippen LogP contribution in [0.1, 0.15) is 12.5 Å². The number of aliphatic hydroxyl groups excluding tert-OH is 1. The topological polar surface area (TPSA) is 75.6 Å². The van der Waals surface area contributed by atoms with Gasteiger partial charge in [0, 0.05) is 13.2 Å². The maximum absolute atomic E-state index is 11.8. The van der Waals surface area contributed by atoms with Gasteiger partial charge in [-0.05, 0) is 23.9 Å². The van der Waals surface area contributed by atoms with E-state index in [0.29, 0.717) is 12.2 Å². The summed E-state index contributed by atoms with van der Waals surface area (Å²) in [5, 5.41) is 10.5. The molecule has 1 unspecified atom stereocenters. The van der Waals surface area contributed by atoms with E-state index in [2.05, 4.69) is 4.72 Å². The Labute approximate surface area is 99.1 Å². The molecule has 0 aliphatic rings. The zero-order chi connectivity index (χ0) is 12.2. The number of aliphatic hydroxyl groups is 1. The fraction of sp³-hybridized carbons (Fsp3) is 0.556. The predicted octanol–water partition coefficient (Wildman–Crippen LogP) is 0.554. The molecule has 1 aromatic rings. The lowest BCUT2D eigenvalue weighted by Gasteiger charge is -2.11. The lowest BCUT2D eigenvalue weighted by atomic mass is 10.4. The number of hydrogen-bond donors (Lipinski definition) is 2. The first-order valence-electron chi connectivity index (χ1n) is 4.69. The van der Waals surface area contributed by atoms with Gasteiger partial charge in [-0.25, -0.2) is 13.1 Å². The van der Waals surface area contributed by atoms with Gasteiger partial charge in [0.2, 0.25) is 10.0 Å². The minimum atomic E-state index is -3.49. The van der Waals surface area contributed by atoms with Crippen molar-refractivity contribution in [3.05, 3.63) is 17.0 Å². The molecule has 1 aromatic heterocycles. The second kappa shape index (κ2) is 5.74. The summed E-state index contributed by atoms with van der Waals surface area (Å²) in [5.41, 5.74) is 0.602. The molecule has 0 radical (unpaired) electrons. The molecular formula is C9H15NO4S2. The van der Waals surface area contributed by atoms with Crippen LogP contribution in [0.15, 0.2) is 15.7 Å². The smallest absolute Gasteiger partial charge is 0.250 e. The summed E-state index contributed by atoms with van der Waals surface area (Å²) in [7, 11) is -1.98. The zero-order valence-corrected chi connectivity index (χ0v) is 10.8. The van der Waals surface area contributed by atoms with Crippen molar-refractivity contribution >= 4 is 21.4 Å². The number of thiophene rings is 1. The molecule has 1 heterocycles. The Bertz CT molecular complexity index is 426. The van der Waals surface area contributed by atoms with Gasteiger partial charge in [0.25, 0.3) is 0 Å². The highest BCUT2D eigenvalue weighted by molar-refractivity contribution is 7.91. The molecule has 1 rings (SSSR count). The van der Waals surface area contributed by atoms with Crippen LogP contribution in [0.25, 0.3) is 0 Å². The highest BCUT2D eigenvalue weighted by Gasteiger charge is 2.19. The van der Waals surface area contributed by atoms with E-state index < -0.39 is 10.0 Å². The van der Waals surface area contributed by atoms with Crippen molar-refractivity contribution in [1.82, 2.24) is 4.72 Å². The number of hydrogen-bond acceptors (Lipinski definition) is 5. The number of ether oxygens (including phenoxy) is 1. The van der Waals surface area contributed by atoms with Gasteiger partial charge in [-0.15, -0.1) is 11.3 Å². The Morgan fingerprint density at radius 2 is 2.31 bits per heavy atom. The van der Waals surface area contributed by atoms with Gasteiger partial charge in [0.1, 0.15) is 4.21 Å². The third-order valence-corrected chi connectivity index (χ3v) is 4.93. The molecule has 0 amide bonds. The molecular weight excluding hydrogens is 250 g/mol. The van der Waals surface area contributed by atoms with Crippen LogP contribution in [0.3, 0.4) is 0 Å². The average molecular weight is 265 g/mol. The van der Waals surface area contributed by atoms with Crippen LogP contribution < -0.4 is 4.72 Å². The summed E-state index contributed by atoms with van der Waals surface area (Å²) in [6, 6.07) is 1.18. The molecule has 92 valence electrons. The van der Waals surface area contributed by atoms with Gasteiger partial charge in [0.05, 0.1) is 13.2 Å². The van der Waals surface area contributed by atoms with Crippen LogP contribution in [0, 0.1) is 0 Å². The fourth-order valence-electron chi connectivity index (χ4n) is 1.18. The first-order valence-corrected chi connectivity index (χ1v) is 7.05. The van der Waals surface area contributed by atoms with Crippen LogP contribution in [0.5, 0.6) is 0 Å². The summed E-state index contributed by atoms with van der Waals surface area (Å²) in [4.78, 5) is 0. The maximum Gasteiger partial charge on any atom is 0.250 e. The number of methoxy groups -OCH3 is 1. The number of nitrogens with one attached hydrogen (secondary N) is 1. The molecule has 1 atom stereocenters. The highest BCUT2D eigenvalue weighted by atomic mass is 32.2. The monoisotopic (exact) mass is 265 g/mol. The molecule has 16 heavy (non-hydrogen) atoms. The van der Waals surface area contributed by atoms with Crippen molar-refractivity contribution in [2.45, 2.75) is 23.8 Å². The normalized spacial score (nSPS) is 13.9. The number of sulfonamides is 1. The molecule has 0 aromatic carbocycles. The summed E-state index contributed by atoms with van der Waals surface area (Å²) >= 11 is 1.09. The maximum atomic E-state index is 11.8. The first-order chi connectivity index (χ1) is 7.49. The van der Waals surface area contributed by atoms with E-state index in [-0.39, 0.29) is 16.9 Å². The Morgan fingerprint density at radius 3 is 2.81 bits per heavy atom. The molecule has 0 aliphatic carbocycles. The summed E-state index contributed by atoms with van der Waals surface area (Å²) in [6.45, 7) is 1.89. The van der Waals surface area contributed by atoms with Crippen LogP contribution in [-0.4, -0.2) is 33.3 Å². The Balaban J connectivity index is 2.77. The molecule has 0 bridgehead atoms. The molecule has 0 fully saturated rings. The van der Waals surface area contributed by atoms with E-state index in [1.165, 1.54) is 13.2 Å². The lowest BCUT2D eigenvalue weighted by molar-refractivity contribution is 0.180. The quantitative estimate of drug-likeness (QED) is 0.788. The zero-order valence-electron chi connectivity index (χ0n) is 9.13. The molecule has 0 spiro atoms. The molecule has 5 nitrogen and oxygen atoms in total. The van der Waals surface area contributed by atoms with Gasteiger partial charge in [-0.3, -0.25) is 0 Å². The van der Waals surface area contributed by atoms with E-state index >= 15 is 0 Å². The minimum Gasteiger partial charge on any atom is -0.392 e. The largest absolute Gasteiger partial charge is 0.392 e. The van der Waals surface area contributed by atoms with Gasteiger partial charge in [0.15, 0.2) is 0 Å². The molecule has 0 saturated heterocycles. The van der Waals surface area contributed by atoms with Gasteiger partial charge in [-0.2, -0.15) is 0 Å². The molecule has 0 aliphatic heterocycles. The molecule has 7 heteroatoms. The molecule has 2 N–H and O–H groups in total. The van der Waals surface area contributed by atoms with Crippen molar-refractivity contribution in [3.8, 4) is 0 Å². The van der Waals surface area contributed by atoms with Crippen LogP contribution >= 0.6 is 11.3 Å². The van der Waals surface area contributed by atoms with Gasteiger partial charge in [-0.1, -0.05) is 0 Å². The fourth-order valence-corrected chi connectivity index (χ4v) is 3.63. The highest BCUT2D eigenvalue weighted by Crippen LogP contribution is 2.20. The van der Waals surface area contributed by atoms with Crippen molar-refractivity contribution in [3.63, 3.8) is 0 Å². The SMILES string of the molecule is COCC(C)NS(=O)(=O)c1cc(CO)cs1. The van der Waals surface area contributed by atoms with Crippen molar-refractivity contribution < 1.29 is 18.3 Å². The van der Waals surface area contributed by atoms with Crippen molar-refractivity contribution in [2.75, 3.05) is 13.7 Å². The third-order valence-electron chi connectivity index (χ3n) is 1.85. The average Bonchev–Trinajstić information content (AvgIpc) is 2.65. The van der Waals surface area contributed by atoms with Crippen LogP contribution in [0.2, 0.25) is 0 Å². The number of rotatable bonds is 6. The van der Waals surface area contributed by atoms with E-state index in [1.54, 1.807) is 12.3 Å². The summed E-state index contributed by atoms with van der Waals surface area (Å²) in [5.74, 6) is 0. The van der Waals surface area contributed by atoms with Gasteiger partial charge < -0.3 is 9.84 Å². The second-order valence-corrected chi connectivity index (χ2v) is 6.26. The van der Waals surface area contributed by atoms with E-state index in [9.17, 15) is 8.42 Å². The van der Waals surface area contributed by atoms with Gasteiger partial charge >= 0.3 is 0 Å². The van der Waals surface area contributed by atoms with E-state index in [4.69, 9.17) is 9.84 Å². The summed E-state index contributed by atoms with van der Waals surface area (Å²) < 4.78 is 31.2. The Kier molecular flexibility index (Phi) is 4.88. The first kappa shape index (κ1) is 13.6. The standard InChI is InChI=1S/C9H15NO4S2/c1-7(5-14-2)10-16(12,13)9-3-8(4-11)6-15-9/h3,6-7,10-11H,4-5H2,1-2H3. The Hall–Kier alpha value is -0.470. The van der Waals surface area contributed by atoms with Crippen molar-refractivity contribution in [1.29, 1.82) is 0 Å². The molecule has 0 saturated carbocycles. The second-order valence-electron chi connectivity index (χ2n) is 3.41. The predicted molar refractivity (Wildman–Crippen MR) is 61.9 cm³/mol. The van der Waals surface area contributed by atoms with E-state index in [1.807, 2.05) is 0 Å². The van der Waals surface area contributed by atoms with Crippen LogP contribution in [0.4, 0.5) is 0 Å². The summed E-state index contributed by atoms with van der Waals surface area (Å²) in [6.07, 6.45) is 0. The van der Waals surface area contributed by atoms with Crippen molar-refractivity contribution in [2.24, 2.45) is 0 Å². The lowest BCUT2D eigenvalue weighted by Crippen LogP contribution is -2.35.